The molecule has 0 aromatic heterocycles. The van der Waals surface area contributed by atoms with Crippen LogP contribution >= 0.6 is 0 Å². The fraction of sp³-hybridized carbons (Fsp3) is 0.600. The smallest absolute Gasteiger partial charge is 0.333 e. The molecular formula is C15H28O6. The number of rotatable bonds is 8. The van der Waals surface area contributed by atoms with E-state index in [9.17, 15) is 9.59 Å². The van der Waals surface area contributed by atoms with Crippen molar-refractivity contribution in [3.05, 3.63) is 24.3 Å². The van der Waals surface area contributed by atoms with Gasteiger partial charge in [0.25, 0.3) is 0 Å². The van der Waals surface area contributed by atoms with Gasteiger partial charge in [-0.05, 0) is 13.8 Å². The average molecular weight is 304 g/mol. The Morgan fingerprint density at radius 2 is 1.05 bits per heavy atom. The zero-order valence-electron chi connectivity index (χ0n) is 12.7. The highest BCUT2D eigenvalue weighted by molar-refractivity contribution is 5.87. The summed E-state index contributed by atoms with van der Waals surface area (Å²) in [5.41, 5.74) is 0.826. The Hall–Kier alpha value is -1.66. The molecule has 6 nitrogen and oxygen atoms in total. The van der Waals surface area contributed by atoms with Crippen molar-refractivity contribution in [1.82, 2.24) is 0 Å². The molecule has 0 atom stereocenters. The molecule has 0 unspecified atom stereocenters. The Morgan fingerprint density at radius 3 is 1.24 bits per heavy atom. The monoisotopic (exact) mass is 304 g/mol. The van der Waals surface area contributed by atoms with E-state index in [0.29, 0.717) is 37.6 Å². The first-order chi connectivity index (χ1) is 9.36. The summed E-state index contributed by atoms with van der Waals surface area (Å²) in [5, 5.41) is 0. The molecule has 0 saturated heterocycles. The van der Waals surface area contributed by atoms with Crippen molar-refractivity contribution in [1.29, 1.82) is 0 Å². The molecule has 0 aromatic rings. The summed E-state index contributed by atoms with van der Waals surface area (Å²) in [6.45, 7) is 11.5. The lowest BCUT2D eigenvalue weighted by atomic mass is 10.4. The predicted octanol–water partition coefficient (Wildman–Crippen LogP) is 2.14. The Balaban J connectivity index is -0.000000295. The van der Waals surface area contributed by atoms with E-state index in [1.165, 1.54) is 0 Å². The third-order valence-corrected chi connectivity index (χ3v) is 1.74. The molecule has 0 aliphatic carbocycles. The van der Waals surface area contributed by atoms with Gasteiger partial charge in [0.15, 0.2) is 0 Å². The molecule has 0 radical (unpaired) electrons. The Bertz CT molecular complexity index is 290. The van der Waals surface area contributed by atoms with Gasteiger partial charge in [-0.15, -0.1) is 0 Å². The SMILES string of the molecule is C.C=C(C)C(=O)OCCOC.C=C(C)C(=O)OCCOC. The zero-order chi connectivity index (χ0) is 16.0. The van der Waals surface area contributed by atoms with E-state index < -0.39 is 0 Å². The van der Waals surface area contributed by atoms with Crippen LogP contribution in [0.15, 0.2) is 24.3 Å². The van der Waals surface area contributed by atoms with E-state index in [0.717, 1.165) is 0 Å². The van der Waals surface area contributed by atoms with Crippen LogP contribution in [0.3, 0.4) is 0 Å². The van der Waals surface area contributed by atoms with Crippen molar-refractivity contribution < 1.29 is 28.5 Å². The van der Waals surface area contributed by atoms with Crippen LogP contribution in [0.2, 0.25) is 0 Å². The summed E-state index contributed by atoms with van der Waals surface area (Å²) in [7, 11) is 3.10. The fourth-order valence-corrected chi connectivity index (χ4v) is 0.682. The summed E-state index contributed by atoms with van der Waals surface area (Å²) in [4.78, 5) is 21.3. The van der Waals surface area contributed by atoms with E-state index in [2.05, 4.69) is 32.1 Å². The number of esters is 2. The van der Waals surface area contributed by atoms with Crippen LogP contribution in [0.5, 0.6) is 0 Å². The van der Waals surface area contributed by atoms with Gasteiger partial charge < -0.3 is 18.9 Å². The third-order valence-electron chi connectivity index (χ3n) is 1.74. The van der Waals surface area contributed by atoms with Crippen LogP contribution in [0.4, 0.5) is 0 Å². The first kappa shape index (κ1) is 24.4. The summed E-state index contributed by atoms with van der Waals surface area (Å²) < 4.78 is 18.7. The lowest BCUT2D eigenvalue weighted by Gasteiger charge is -2.01. The number of carbonyl (C=O) groups excluding carboxylic acids is 2. The van der Waals surface area contributed by atoms with Crippen LogP contribution in [0.1, 0.15) is 21.3 Å². The van der Waals surface area contributed by atoms with Crippen LogP contribution < -0.4 is 0 Å². The topological polar surface area (TPSA) is 71.1 Å². The van der Waals surface area contributed by atoms with Crippen LogP contribution in [0.25, 0.3) is 0 Å². The normalized spacial score (nSPS) is 8.57. The second-order valence-corrected chi connectivity index (χ2v) is 3.82. The Labute approximate surface area is 127 Å². The van der Waals surface area contributed by atoms with Gasteiger partial charge in [0.1, 0.15) is 13.2 Å². The number of hydrogen-bond acceptors (Lipinski definition) is 6. The molecule has 0 rings (SSSR count). The maximum Gasteiger partial charge on any atom is 0.333 e. The van der Waals surface area contributed by atoms with Gasteiger partial charge in [0.05, 0.1) is 13.2 Å². The van der Waals surface area contributed by atoms with Crippen LogP contribution in [0, 0.1) is 0 Å². The lowest BCUT2D eigenvalue weighted by Crippen LogP contribution is -2.09. The highest BCUT2D eigenvalue weighted by Crippen LogP contribution is 1.91. The molecule has 6 heteroatoms. The van der Waals surface area contributed by atoms with Gasteiger partial charge in [-0.3, -0.25) is 0 Å². The van der Waals surface area contributed by atoms with Gasteiger partial charge in [-0.2, -0.15) is 0 Å². The maximum absolute atomic E-state index is 10.6. The van der Waals surface area contributed by atoms with E-state index in [1.54, 1.807) is 28.1 Å². The average Bonchev–Trinajstić information content (AvgIpc) is 2.39. The molecule has 0 N–H and O–H groups in total. The quantitative estimate of drug-likeness (QED) is 0.389. The molecule has 0 fully saturated rings. The molecule has 0 saturated carbocycles. The van der Waals surface area contributed by atoms with E-state index in [4.69, 9.17) is 0 Å². The van der Waals surface area contributed by atoms with Crippen molar-refractivity contribution in [3.8, 4) is 0 Å². The highest BCUT2D eigenvalue weighted by Gasteiger charge is 2.01. The second-order valence-electron chi connectivity index (χ2n) is 3.82. The molecule has 21 heavy (non-hydrogen) atoms. The largest absolute Gasteiger partial charge is 0.460 e. The van der Waals surface area contributed by atoms with Gasteiger partial charge in [0.2, 0.25) is 0 Å². The maximum atomic E-state index is 10.6. The van der Waals surface area contributed by atoms with Crippen LogP contribution in [-0.2, 0) is 28.5 Å². The minimum atomic E-state index is -0.364. The molecule has 0 bridgehead atoms. The second kappa shape index (κ2) is 16.4. The van der Waals surface area contributed by atoms with Gasteiger partial charge in [0, 0.05) is 25.4 Å². The molecule has 0 aliphatic heterocycles. The van der Waals surface area contributed by atoms with E-state index in [1.807, 2.05) is 0 Å². The lowest BCUT2D eigenvalue weighted by molar-refractivity contribution is -0.141. The summed E-state index contributed by atoms with van der Waals surface area (Å²) in [5.74, 6) is -0.728. The Morgan fingerprint density at radius 1 is 0.762 bits per heavy atom. The van der Waals surface area contributed by atoms with Crippen LogP contribution in [-0.4, -0.2) is 52.6 Å². The first-order valence-electron chi connectivity index (χ1n) is 5.99. The van der Waals surface area contributed by atoms with Gasteiger partial charge >= 0.3 is 11.9 Å². The van der Waals surface area contributed by atoms with Crippen molar-refractivity contribution in [2.24, 2.45) is 0 Å². The highest BCUT2D eigenvalue weighted by atomic mass is 16.6. The minimum absolute atomic E-state index is 0. The van der Waals surface area contributed by atoms with Gasteiger partial charge in [-0.25, -0.2) is 9.59 Å². The summed E-state index contributed by atoms with van der Waals surface area (Å²) in [6, 6.07) is 0. The molecule has 124 valence electrons. The number of carbonyl (C=O) groups is 2. The summed E-state index contributed by atoms with van der Waals surface area (Å²) >= 11 is 0. The summed E-state index contributed by atoms with van der Waals surface area (Å²) in [6.07, 6.45) is 0. The minimum Gasteiger partial charge on any atom is -0.460 e. The first-order valence-corrected chi connectivity index (χ1v) is 5.99. The molecule has 0 amide bonds. The number of methoxy groups -OCH3 is 2. The Kier molecular flexibility index (Phi) is 19.0. The third kappa shape index (κ3) is 18.3. The standard InChI is InChI=1S/2C7H12O3.CH4/c2*1-6(2)7(8)10-5-4-9-3;/h2*1,4-5H2,2-3H3;1H4. The van der Waals surface area contributed by atoms with Crippen molar-refractivity contribution >= 4 is 11.9 Å². The van der Waals surface area contributed by atoms with Crippen molar-refractivity contribution in [2.75, 3.05) is 40.6 Å². The number of hydrogen-bond donors (Lipinski definition) is 0. The predicted molar refractivity (Wildman–Crippen MR) is 82.0 cm³/mol. The van der Waals surface area contributed by atoms with Crippen molar-refractivity contribution in [2.45, 2.75) is 21.3 Å². The van der Waals surface area contributed by atoms with Gasteiger partial charge in [-0.1, -0.05) is 20.6 Å². The molecule has 0 heterocycles. The van der Waals surface area contributed by atoms with Crippen molar-refractivity contribution in [3.63, 3.8) is 0 Å². The molecule has 0 aliphatic rings. The zero-order valence-corrected chi connectivity index (χ0v) is 12.7. The van der Waals surface area contributed by atoms with E-state index in [-0.39, 0.29) is 19.4 Å². The fourth-order valence-electron chi connectivity index (χ4n) is 0.682. The van der Waals surface area contributed by atoms with E-state index >= 15 is 0 Å². The molecule has 0 spiro atoms. The number of ether oxygens (including phenoxy) is 4. The molecular weight excluding hydrogens is 276 g/mol. The molecule has 0 aromatic carbocycles.